The van der Waals surface area contributed by atoms with Crippen LogP contribution < -0.4 is 10.6 Å². The third-order valence-electron chi connectivity index (χ3n) is 4.13. The zero-order valence-electron chi connectivity index (χ0n) is 15.2. The molecule has 0 aliphatic rings. The molecule has 0 radical (unpaired) electrons. The number of anilines is 2. The first-order valence-electron chi connectivity index (χ1n) is 8.07. The second-order valence-electron chi connectivity index (χ2n) is 6.82. The van der Waals surface area contributed by atoms with E-state index in [9.17, 15) is 9.59 Å². The van der Waals surface area contributed by atoms with Gasteiger partial charge in [0.25, 0.3) is 0 Å². The van der Waals surface area contributed by atoms with Crippen molar-refractivity contribution >= 4 is 34.8 Å². The number of halogens is 1. The second-order valence-corrected chi connectivity index (χ2v) is 7.23. The van der Waals surface area contributed by atoms with Crippen LogP contribution in [0.2, 0.25) is 5.02 Å². The van der Waals surface area contributed by atoms with Crippen molar-refractivity contribution in [1.82, 2.24) is 0 Å². The fraction of sp³-hybridized carbons (Fsp3) is 0.300. The molecule has 2 N–H and O–H groups in total. The molecule has 0 aromatic heterocycles. The number of amides is 2. The Morgan fingerprint density at radius 3 is 2.08 bits per heavy atom. The van der Waals surface area contributed by atoms with E-state index in [-0.39, 0.29) is 11.8 Å². The van der Waals surface area contributed by atoms with E-state index in [1.807, 2.05) is 39.0 Å². The lowest BCUT2D eigenvalue weighted by Gasteiger charge is -2.23. The average molecular weight is 359 g/mol. The Hall–Kier alpha value is -2.33. The van der Waals surface area contributed by atoms with E-state index in [0.717, 1.165) is 16.7 Å². The first-order chi connectivity index (χ1) is 11.6. The predicted octanol–water partition coefficient (Wildman–Crippen LogP) is 4.87. The number of benzene rings is 2. The zero-order valence-corrected chi connectivity index (χ0v) is 15.9. The maximum absolute atomic E-state index is 12.6. The number of carbonyl (C=O) groups is 2. The van der Waals surface area contributed by atoms with E-state index in [1.165, 1.54) is 0 Å². The summed E-state index contributed by atoms with van der Waals surface area (Å²) in [7, 11) is 0. The molecule has 25 heavy (non-hydrogen) atoms. The van der Waals surface area contributed by atoms with Crippen molar-refractivity contribution < 1.29 is 9.59 Å². The van der Waals surface area contributed by atoms with Crippen molar-refractivity contribution in [2.75, 3.05) is 10.6 Å². The van der Waals surface area contributed by atoms with Gasteiger partial charge in [0, 0.05) is 16.4 Å². The van der Waals surface area contributed by atoms with Crippen molar-refractivity contribution in [3.8, 4) is 0 Å². The molecular weight excluding hydrogens is 336 g/mol. The van der Waals surface area contributed by atoms with Gasteiger partial charge in [0.05, 0.1) is 0 Å². The Kier molecular flexibility index (Phi) is 5.53. The van der Waals surface area contributed by atoms with E-state index in [2.05, 4.69) is 10.6 Å². The van der Waals surface area contributed by atoms with Crippen molar-refractivity contribution in [1.29, 1.82) is 0 Å². The Bertz CT molecular complexity index is 808. The largest absolute Gasteiger partial charge is 0.325 e. The summed E-state index contributed by atoms with van der Waals surface area (Å²) in [5.74, 6) is -0.755. The van der Waals surface area contributed by atoms with Gasteiger partial charge >= 0.3 is 0 Å². The van der Waals surface area contributed by atoms with Gasteiger partial charge in [-0.3, -0.25) is 9.59 Å². The molecule has 2 aromatic carbocycles. The minimum Gasteiger partial charge on any atom is -0.325 e. The molecule has 0 spiro atoms. The van der Waals surface area contributed by atoms with Gasteiger partial charge in [-0.05, 0) is 75.6 Å². The molecule has 0 saturated heterocycles. The molecular formula is C20H23ClN2O2. The molecule has 0 fully saturated rings. The van der Waals surface area contributed by atoms with E-state index < -0.39 is 5.41 Å². The molecule has 0 atom stereocenters. The summed E-state index contributed by atoms with van der Waals surface area (Å²) >= 11 is 6.08. The van der Waals surface area contributed by atoms with E-state index in [4.69, 9.17) is 11.6 Å². The summed E-state index contributed by atoms with van der Waals surface area (Å²) in [6, 6.07) is 11.0. The molecule has 0 aliphatic carbocycles. The highest BCUT2D eigenvalue weighted by atomic mass is 35.5. The smallest absolute Gasteiger partial charge is 0.239 e. The van der Waals surface area contributed by atoms with Gasteiger partial charge in [0.2, 0.25) is 11.8 Å². The highest BCUT2D eigenvalue weighted by molar-refractivity contribution is 6.31. The molecule has 0 heterocycles. The molecule has 5 heteroatoms. The lowest BCUT2D eigenvalue weighted by molar-refractivity contribution is -0.135. The monoisotopic (exact) mass is 358 g/mol. The van der Waals surface area contributed by atoms with Crippen LogP contribution in [0.4, 0.5) is 11.4 Å². The molecule has 2 amide bonds. The van der Waals surface area contributed by atoms with Gasteiger partial charge in [-0.25, -0.2) is 0 Å². The van der Waals surface area contributed by atoms with Gasteiger partial charge in [-0.2, -0.15) is 0 Å². The third kappa shape index (κ3) is 4.40. The van der Waals surface area contributed by atoms with E-state index in [0.29, 0.717) is 16.4 Å². The summed E-state index contributed by atoms with van der Waals surface area (Å²) < 4.78 is 0. The molecule has 0 aliphatic heterocycles. The fourth-order valence-electron chi connectivity index (χ4n) is 2.46. The third-order valence-corrected chi connectivity index (χ3v) is 4.54. The van der Waals surface area contributed by atoms with Gasteiger partial charge in [0.1, 0.15) is 5.41 Å². The van der Waals surface area contributed by atoms with Crippen LogP contribution in [0, 0.1) is 26.2 Å². The van der Waals surface area contributed by atoms with Crippen LogP contribution in [-0.2, 0) is 9.59 Å². The van der Waals surface area contributed by atoms with Gasteiger partial charge < -0.3 is 10.6 Å². The van der Waals surface area contributed by atoms with Crippen LogP contribution in [0.15, 0.2) is 36.4 Å². The van der Waals surface area contributed by atoms with E-state index in [1.54, 1.807) is 32.0 Å². The number of aryl methyl sites for hydroxylation is 2. The summed E-state index contributed by atoms with van der Waals surface area (Å²) in [5, 5.41) is 6.19. The van der Waals surface area contributed by atoms with Gasteiger partial charge in [0.15, 0.2) is 0 Å². The van der Waals surface area contributed by atoms with E-state index >= 15 is 0 Å². The molecule has 0 unspecified atom stereocenters. The first kappa shape index (κ1) is 19.0. The fourth-order valence-corrected chi connectivity index (χ4v) is 2.63. The van der Waals surface area contributed by atoms with Crippen LogP contribution in [0.1, 0.15) is 30.5 Å². The minimum atomic E-state index is -1.24. The molecule has 2 aromatic rings. The Labute approximate surface area is 153 Å². The van der Waals surface area contributed by atoms with Crippen molar-refractivity contribution in [2.24, 2.45) is 5.41 Å². The zero-order chi connectivity index (χ0) is 18.8. The topological polar surface area (TPSA) is 58.2 Å². The Morgan fingerprint density at radius 2 is 1.48 bits per heavy atom. The van der Waals surface area contributed by atoms with Crippen LogP contribution >= 0.6 is 11.6 Å². The van der Waals surface area contributed by atoms with Gasteiger partial charge in [-0.1, -0.05) is 23.7 Å². The molecule has 0 bridgehead atoms. The maximum atomic E-state index is 12.6. The number of hydrogen-bond acceptors (Lipinski definition) is 2. The Balaban J connectivity index is 2.17. The number of hydrogen-bond donors (Lipinski definition) is 2. The predicted molar refractivity (Wildman–Crippen MR) is 103 cm³/mol. The number of nitrogens with one attached hydrogen (secondary N) is 2. The first-order valence-corrected chi connectivity index (χ1v) is 8.45. The normalized spacial score (nSPS) is 11.1. The van der Waals surface area contributed by atoms with Crippen LogP contribution in [-0.4, -0.2) is 11.8 Å². The van der Waals surface area contributed by atoms with Crippen LogP contribution in [0.25, 0.3) is 0 Å². The lowest BCUT2D eigenvalue weighted by Crippen LogP contribution is -2.41. The van der Waals surface area contributed by atoms with Crippen molar-refractivity contribution in [3.05, 3.63) is 58.1 Å². The Morgan fingerprint density at radius 1 is 0.920 bits per heavy atom. The summed E-state index contributed by atoms with van der Waals surface area (Å²) in [5.41, 5.74) is 2.90. The molecule has 2 rings (SSSR count). The standard InChI is InChI=1S/C20H23ClN2O2/c1-12-9-13(2)11-15(10-12)22-18(24)20(4,5)19(25)23-17-8-6-7-16(21)14(17)3/h6-11H,1-5H3,(H,22,24)(H,23,25). The van der Waals surface area contributed by atoms with Crippen molar-refractivity contribution in [2.45, 2.75) is 34.6 Å². The molecule has 132 valence electrons. The summed E-state index contributed by atoms with van der Waals surface area (Å²) in [6.45, 7) is 8.94. The number of carbonyl (C=O) groups excluding carboxylic acids is 2. The highest BCUT2D eigenvalue weighted by Crippen LogP contribution is 2.26. The molecule has 4 nitrogen and oxygen atoms in total. The lowest BCUT2D eigenvalue weighted by atomic mass is 9.90. The SMILES string of the molecule is Cc1cc(C)cc(NC(=O)C(C)(C)C(=O)Nc2cccc(Cl)c2C)c1. The van der Waals surface area contributed by atoms with Crippen molar-refractivity contribution in [3.63, 3.8) is 0 Å². The van der Waals surface area contributed by atoms with Crippen LogP contribution in [0.3, 0.4) is 0 Å². The second kappa shape index (κ2) is 7.28. The summed E-state index contributed by atoms with van der Waals surface area (Å²) in [6.07, 6.45) is 0. The van der Waals surface area contributed by atoms with Crippen LogP contribution in [0.5, 0.6) is 0 Å². The highest BCUT2D eigenvalue weighted by Gasteiger charge is 2.36. The summed E-state index contributed by atoms with van der Waals surface area (Å²) in [4.78, 5) is 25.3. The number of rotatable bonds is 4. The van der Waals surface area contributed by atoms with Gasteiger partial charge in [-0.15, -0.1) is 0 Å². The minimum absolute atomic E-state index is 0.366. The molecule has 0 saturated carbocycles. The maximum Gasteiger partial charge on any atom is 0.239 e. The quantitative estimate of drug-likeness (QED) is 0.766. The average Bonchev–Trinajstić information content (AvgIpc) is 2.50.